The Kier molecular flexibility index (Phi) is 4.31. The molecule has 1 aromatic rings. The number of pyridine rings is 1. The zero-order valence-corrected chi connectivity index (χ0v) is 14.2. The van der Waals surface area contributed by atoms with Crippen LogP contribution in [0.4, 0.5) is 0 Å². The van der Waals surface area contributed by atoms with Crippen molar-refractivity contribution in [1.29, 1.82) is 0 Å². The molecule has 0 unspecified atom stereocenters. The number of hydrogen-bond donors (Lipinski definition) is 1. The van der Waals surface area contributed by atoms with E-state index in [1.54, 1.807) is 0 Å². The molecule has 0 bridgehead atoms. The summed E-state index contributed by atoms with van der Waals surface area (Å²) in [6, 6.07) is 1.21. The zero-order chi connectivity index (χ0) is 15.8. The standard InChI is InChI=1S/C14H16IN3O3/c1-8(19)17-11(14(2,3)15)7-18-12(20)9-4-5-16-6-10(9)13(18)21/h4-6,11H,7H2,1-3H3,(H,17,19)/t11-/m1/s1. The third-order valence-corrected chi connectivity index (χ3v) is 4.10. The monoisotopic (exact) mass is 401 g/mol. The Morgan fingerprint density at radius 3 is 2.52 bits per heavy atom. The summed E-state index contributed by atoms with van der Waals surface area (Å²) < 4.78 is -0.309. The molecule has 6 nitrogen and oxygen atoms in total. The van der Waals surface area contributed by atoms with Crippen molar-refractivity contribution in [2.24, 2.45) is 0 Å². The van der Waals surface area contributed by atoms with Crippen molar-refractivity contribution in [2.75, 3.05) is 6.54 Å². The number of nitrogens with one attached hydrogen (secondary N) is 1. The van der Waals surface area contributed by atoms with Gasteiger partial charge >= 0.3 is 0 Å². The molecule has 2 heterocycles. The highest BCUT2D eigenvalue weighted by Gasteiger charge is 2.39. The second kappa shape index (κ2) is 5.70. The molecular weight excluding hydrogens is 385 g/mol. The van der Waals surface area contributed by atoms with E-state index in [2.05, 4.69) is 32.9 Å². The molecule has 1 atom stereocenters. The van der Waals surface area contributed by atoms with Crippen molar-refractivity contribution >= 4 is 40.3 Å². The number of halogens is 1. The molecule has 0 radical (unpaired) electrons. The summed E-state index contributed by atoms with van der Waals surface area (Å²) in [6.07, 6.45) is 2.89. The maximum atomic E-state index is 12.3. The van der Waals surface area contributed by atoms with E-state index >= 15 is 0 Å². The number of imide groups is 1. The van der Waals surface area contributed by atoms with Crippen LogP contribution in [0.25, 0.3) is 0 Å². The number of nitrogens with zero attached hydrogens (tertiary/aromatic N) is 2. The Morgan fingerprint density at radius 1 is 1.38 bits per heavy atom. The lowest BCUT2D eigenvalue weighted by Gasteiger charge is -2.32. The Balaban J connectivity index is 2.25. The van der Waals surface area contributed by atoms with Crippen molar-refractivity contribution in [3.8, 4) is 0 Å². The van der Waals surface area contributed by atoms with Crippen LogP contribution in [0.5, 0.6) is 0 Å². The van der Waals surface area contributed by atoms with Crippen molar-refractivity contribution in [3.63, 3.8) is 0 Å². The van der Waals surface area contributed by atoms with Gasteiger partial charge in [-0.25, -0.2) is 0 Å². The van der Waals surface area contributed by atoms with E-state index < -0.39 is 0 Å². The molecule has 1 aromatic heterocycles. The predicted octanol–water partition coefficient (Wildman–Crippen LogP) is 1.40. The number of aromatic nitrogens is 1. The van der Waals surface area contributed by atoms with E-state index in [1.807, 2.05) is 13.8 Å². The fourth-order valence-corrected chi connectivity index (χ4v) is 2.52. The van der Waals surface area contributed by atoms with Crippen LogP contribution >= 0.6 is 22.6 Å². The second-order valence-electron chi connectivity index (χ2n) is 5.46. The molecule has 1 aliphatic heterocycles. The largest absolute Gasteiger partial charge is 0.350 e. The molecule has 0 saturated heterocycles. The summed E-state index contributed by atoms with van der Waals surface area (Å²) in [5.41, 5.74) is 0.679. The lowest BCUT2D eigenvalue weighted by molar-refractivity contribution is -0.119. The molecule has 0 saturated carbocycles. The van der Waals surface area contributed by atoms with Crippen LogP contribution in [0.1, 0.15) is 41.5 Å². The average Bonchev–Trinajstić information content (AvgIpc) is 2.62. The van der Waals surface area contributed by atoms with Crippen LogP contribution in [0.2, 0.25) is 0 Å². The van der Waals surface area contributed by atoms with Gasteiger partial charge in [-0.3, -0.25) is 24.3 Å². The van der Waals surface area contributed by atoms with Gasteiger partial charge in [-0.05, 0) is 19.9 Å². The number of hydrogen-bond acceptors (Lipinski definition) is 4. The van der Waals surface area contributed by atoms with Gasteiger partial charge in [0.15, 0.2) is 0 Å². The summed E-state index contributed by atoms with van der Waals surface area (Å²) in [7, 11) is 0. The van der Waals surface area contributed by atoms with Gasteiger partial charge in [-0.2, -0.15) is 0 Å². The van der Waals surface area contributed by atoms with Gasteiger partial charge in [0.05, 0.1) is 23.7 Å². The first-order chi connectivity index (χ1) is 9.71. The average molecular weight is 401 g/mol. The van der Waals surface area contributed by atoms with Gasteiger partial charge in [-0.1, -0.05) is 22.6 Å². The van der Waals surface area contributed by atoms with Gasteiger partial charge in [0.2, 0.25) is 5.91 Å². The Morgan fingerprint density at radius 2 is 2.00 bits per heavy atom. The Labute approximate surface area is 136 Å². The maximum Gasteiger partial charge on any atom is 0.263 e. The Hall–Kier alpha value is -1.51. The number of carbonyl (C=O) groups is 3. The third-order valence-electron chi connectivity index (χ3n) is 3.34. The van der Waals surface area contributed by atoms with Gasteiger partial charge in [0, 0.05) is 22.7 Å². The normalized spacial score (nSPS) is 15.9. The molecule has 7 heteroatoms. The van der Waals surface area contributed by atoms with E-state index in [0.717, 1.165) is 0 Å². The van der Waals surface area contributed by atoms with Crippen LogP contribution in [0, 0.1) is 0 Å². The van der Waals surface area contributed by atoms with Gasteiger partial charge < -0.3 is 5.32 Å². The summed E-state index contributed by atoms with van der Waals surface area (Å²) in [6.45, 7) is 5.44. The van der Waals surface area contributed by atoms with Crippen molar-refractivity contribution < 1.29 is 14.4 Å². The summed E-state index contributed by atoms with van der Waals surface area (Å²) in [4.78, 5) is 41.0. The third kappa shape index (κ3) is 3.22. The van der Waals surface area contributed by atoms with E-state index in [9.17, 15) is 14.4 Å². The highest BCUT2D eigenvalue weighted by atomic mass is 127. The number of fused-ring (bicyclic) bond motifs is 1. The van der Waals surface area contributed by atoms with Crippen molar-refractivity contribution in [1.82, 2.24) is 15.2 Å². The zero-order valence-electron chi connectivity index (χ0n) is 12.0. The number of amides is 3. The molecule has 1 aliphatic rings. The first-order valence-electron chi connectivity index (χ1n) is 6.48. The number of alkyl halides is 1. The molecular formula is C14H16IN3O3. The molecule has 0 aromatic carbocycles. The van der Waals surface area contributed by atoms with Crippen molar-refractivity contribution in [2.45, 2.75) is 30.2 Å². The van der Waals surface area contributed by atoms with Crippen LogP contribution in [0.3, 0.4) is 0 Å². The Bertz CT molecular complexity index is 575. The fraction of sp³-hybridized carbons (Fsp3) is 0.429. The molecule has 1 N–H and O–H groups in total. The molecule has 0 spiro atoms. The van der Waals surface area contributed by atoms with E-state index in [-0.39, 0.29) is 33.7 Å². The lowest BCUT2D eigenvalue weighted by atomic mass is 10.0. The molecule has 21 heavy (non-hydrogen) atoms. The van der Waals surface area contributed by atoms with E-state index in [4.69, 9.17) is 0 Å². The lowest BCUT2D eigenvalue weighted by Crippen LogP contribution is -2.53. The quantitative estimate of drug-likeness (QED) is 0.470. The summed E-state index contributed by atoms with van der Waals surface area (Å²) in [5.74, 6) is -0.893. The highest BCUT2D eigenvalue weighted by molar-refractivity contribution is 14.1. The van der Waals surface area contributed by atoms with E-state index in [1.165, 1.54) is 30.3 Å². The molecule has 0 fully saturated rings. The fourth-order valence-electron chi connectivity index (χ4n) is 2.16. The minimum atomic E-state index is -0.362. The maximum absolute atomic E-state index is 12.3. The molecule has 0 aliphatic carbocycles. The number of rotatable bonds is 4. The van der Waals surface area contributed by atoms with Crippen LogP contribution in [-0.2, 0) is 4.79 Å². The van der Waals surface area contributed by atoms with Crippen LogP contribution in [-0.4, -0.2) is 43.6 Å². The topological polar surface area (TPSA) is 79.4 Å². The van der Waals surface area contributed by atoms with Crippen LogP contribution in [0.15, 0.2) is 18.5 Å². The van der Waals surface area contributed by atoms with Gasteiger partial charge in [-0.15, -0.1) is 0 Å². The van der Waals surface area contributed by atoms with Gasteiger partial charge in [0.25, 0.3) is 11.8 Å². The summed E-state index contributed by atoms with van der Waals surface area (Å²) >= 11 is 2.20. The predicted molar refractivity (Wildman–Crippen MR) is 85.3 cm³/mol. The van der Waals surface area contributed by atoms with E-state index in [0.29, 0.717) is 11.1 Å². The smallest absolute Gasteiger partial charge is 0.263 e. The van der Waals surface area contributed by atoms with Gasteiger partial charge in [0.1, 0.15) is 0 Å². The molecule has 3 amide bonds. The SMILES string of the molecule is CC(=O)N[C@H](CN1C(=O)c2ccncc2C1=O)C(C)(C)I. The first-order valence-corrected chi connectivity index (χ1v) is 7.56. The molecule has 2 rings (SSSR count). The molecule has 112 valence electrons. The number of carbonyl (C=O) groups excluding carboxylic acids is 3. The minimum Gasteiger partial charge on any atom is -0.350 e. The summed E-state index contributed by atoms with van der Waals surface area (Å²) in [5, 5.41) is 2.81. The van der Waals surface area contributed by atoms with Crippen LogP contribution < -0.4 is 5.32 Å². The minimum absolute atomic E-state index is 0.141. The highest BCUT2D eigenvalue weighted by Crippen LogP contribution is 2.27. The first kappa shape index (κ1) is 15.9. The second-order valence-corrected chi connectivity index (χ2v) is 8.24. The van der Waals surface area contributed by atoms with Crippen molar-refractivity contribution in [3.05, 3.63) is 29.6 Å².